The highest BCUT2D eigenvalue weighted by atomic mass is 19.1. The molecular weight excluding hydrogens is 343 g/mol. The Kier molecular flexibility index (Phi) is 3.46. The molecule has 27 heavy (non-hydrogen) atoms. The average molecular weight is 366 g/mol. The molecule has 1 aliphatic heterocycles. The quantitative estimate of drug-likeness (QED) is 0.620. The van der Waals surface area contributed by atoms with Gasteiger partial charge in [0.05, 0.1) is 5.60 Å². The number of rotatable bonds is 1. The Morgan fingerprint density at radius 3 is 2.81 bits per heavy atom. The number of hydrogen-bond donors (Lipinski definition) is 3. The molecule has 0 radical (unpaired) electrons. The third-order valence-electron chi connectivity index (χ3n) is 6.65. The number of aromatic amines is 1. The number of β-amino-alcohol motifs (C(OH)–C–C–N with tert-alkyl or cyclic N) is 1. The number of nitrogens with zero attached hydrogens (tertiary/aromatic N) is 1. The van der Waals surface area contributed by atoms with Crippen LogP contribution in [0.3, 0.4) is 0 Å². The molecule has 5 rings (SSSR count). The van der Waals surface area contributed by atoms with Crippen molar-refractivity contribution in [3.8, 4) is 5.75 Å². The van der Waals surface area contributed by atoms with E-state index in [0.29, 0.717) is 19.4 Å². The molecular formula is C22H23FN2O2. The van der Waals surface area contributed by atoms with E-state index in [9.17, 15) is 14.6 Å². The Morgan fingerprint density at radius 2 is 2.00 bits per heavy atom. The van der Waals surface area contributed by atoms with Crippen LogP contribution in [0.25, 0.3) is 10.9 Å². The molecule has 140 valence electrons. The van der Waals surface area contributed by atoms with E-state index in [-0.39, 0.29) is 11.6 Å². The predicted molar refractivity (Wildman–Crippen MR) is 103 cm³/mol. The summed E-state index contributed by atoms with van der Waals surface area (Å²) < 4.78 is 13.7. The molecule has 4 nitrogen and oxygen atoms in total. The largest absolute Gasteiger partial charge is 0.508 e. The Bertz CT molecular complexity index is 1050. The lowest BCUT2D eigenvalue weighted by molar-refractivity contribution is -0.0972. The smallest absolute Gasteiger partial charge is 0.125 e. The number of likely N-dealkylation sites (N-methyl/N-ethyl adjacent to an activating group) is 1. The van der Waals surface area contributed by atoms with Gasteiger partial charge in [0.15, 0.2) is 0 Å². The van der Waals surface area contributed by atoms with E-state index in [1.54, 1.807) is 18.2 Å². The summed E-state index contributed by atoms with van der Waals surface area (Å²) in [6, 6.07) is 12.1. The van der Waals surface area contributed by atoms with Gasteiger partial charge >= 0.3 is 0 Å². The molecule has 2 atom stereocenters. The van der Waals surface area contributed by atoms with Gasteiger partial charge in [-0.15, -0.1) is 0 Å². The van der Waals surface area contributed by atoms with Gasteiger partial charge in [-0.2, -0.15) is 0 Å². The van der Waals surface area contributed by atoms with Crippen molar-refractivity contribution in [2.45, 2.75) is 30.3 Å². The molecule has 0 unspecified atom stereocenters. The number of aromatic hydroxyl groups is 1. The molecule has 1 fully saturated rings. The Morgan fingerprint density at radius 1 is 1.15 bits per heavy atom. The molecule has 3 N–H and O–H groups in total. The molecule has 0 spiro atoms. The van der Waals surface area contributed by atoms with Crippen LogP contribution < -0.4 is 0 Å². The van der Waals surface area contributed by atoms with Crippen molar-refractivity contribution in [2.75, 3.05) is 20.1 Å². The van der Waals surface area contributed by atoms with Crippen LogP contribution in [-0.2, 0) is 18.3 Å². The first-order valence-electron chi connectivity index (χ1n) is 9.40. The first-order valence-corrected chi connectivity index (χ1v) is 9.40. The Labute approximate surface area is 157 Å². The van der Waals surface area contributed by atoms with Crippen LogP contribution in [0.5, 0.6) is 5.75 Å². The number of likely N-dealkylation sites (tertiary alicyclic amines) is 1. The van der Waals surface area contributed by atoms with E-state index in [4.69, 9.17) is 0 Å². The van der Waals surface area contributed by atoms with Crippen molar-refractivity contribution >= 4 is 10.9 Å². The van der Waals surface area contributed by atoms with Gasteiger partial charge in [0.2, 0.25) is 0 Å². The summed E-state index contributed by atoms with van der Waals surface area (Å²) in [5, 5.41) is 23.0. The zero-order chi connectivity index (χ0) is 18.8. The number of hydrogen-bond acceptors (Lipinski definition) is 3. The summed E-state index contributed by atoms with van der Waals surface area (Å²) in [6.07, 6.45) is 1.95. The minimum atomic E-state index is -0.954. The average Bonchev–Trinajstić information content (AvgIpc) is 2.94. The van der Waals surface area contributed by atoms with Crippen LogP contribution in [0, 0.1) is 5.82 Å². The minimum Gasteiger partial charge on any atom is -0.508 e. The Balaban J connectivity index is 1.73. The first kappa shape index (κ1) is 16.8. The van der Waals surface area contributed by atoms with Gasteiger partial charge in [0.1, 0.15) is 11.6 Å². The lowest BCUT2D eigenvalue weighted by atomic mass is 9.56. The molecule has 1 saturated heterocycles. The van der Waals surface area contributed by atoms with Crippen molar-refractivity contribution in [1.82, 2.24) is 9.88 Å². The van der Waals surface area contributed by atoms with E-state index in [1.165, 1.54) is 12.1 Å². The monoisotopic (exact) mass is 366 g/mol. The summed E-state index contributed by atoms with van der Waals surface area (Å²) in [7, 11) is 2.03. The summed E-state index contributed by atoms with van der Waals surface area (Å²) in [4.78, 5) is 5.57. The standard InChI is InChI=1S/C22H23FN2O2/c1-25-8-7-21(14-3-2-4-16(26)9-14)12-20-18(11-22(21,27)13-25)17-6-5-15(23)10-19(17)24-20/h2-6,9-10,24,26-27H,7-8,11-13H2,1H3/t21-,22-/m0/s1. The van der Waals surface area contributed by atoms with E-state index < -0.39 is 11.0 Å². The first-order chi connectivity index (χ1) is 12.9. The highest BCUT2D eigenvalue weighted by Crippen LogP contribution is 2.51. The maximum atomic E-state index is 13.7. The second kappa shape index (κ2) is 5.57. The molecule has 0 saturated carbocycles. The number of aromatic nitrogens is 1. The summed E-state index contributed by atoms with van der Waals surface area (Å²) in [5.74, 6) is -0.0488. The molecule has 3 aromatic rings. The number of phenolic OH excluding ortho intramolecular Hbond substituents is 1. The third-order valence-corrected chi connectivity index (χ3v) is 6.65. The van der Waals surface area contributed by atoms with Gasteiger partial charge in [0.25, 0.3) is 0 Å². The van der Waals surface area contributed by atoms with Gasteiger partial charge in [0, 0.05) is 41.4 Å². The highest BCUT2D eigenvalue weighted by Gasteiger charge is 2.57. The number of phenols is 1. The van der Waals surface area contributed by atoms with E-state index >= 15 is 0 Å². The number of halogens is 1. The van der Waals surface area contributed by atoms with Crippen LogP contribution in [0.1, 0.15) is 23.2 Å². The summed E-state index contributed by atoms with van der Waals surface area (Å²) in [5.41, 5.74) is 2.46. The molecule has 2 aliphatic rings. The molecule has 1 aliphatic carbocycles. The lowest BCUT2D eigenvalue weighted by Crippen LogP contribution is -2.65. The summed E-state index contributed by atoms with van der Waals surface area (Å²) in [6.45, 7) is 1.44. The van der Waals surface area contributed by atoms with Crippen molar-refractivity contribution in [2.24, 2.45) is 0 Å². The normalized spacial score (nSPS) is 28.1. The lowest BCUT2D eigenvalue weighted by Gasteiger charge is -2.55. The van der Waals surface area contributed by atoms with Gasteiger partial charge in [-0.3, -0.25) is 0 Å². The molecule has 1 aromatic heterocycles. The van der Waals surface area contributed by atoms with Crippen LogP contribution in [0.4, 0.5) is 4.39 Å². The molecule has 2 heterocycles. The van der Waals surface area contributed by atoms with E-state index in [2.05, 4.69) is 9.88 Å². The third kappa shape index (κ3) is 2.35. The molecule has 5 heteroatoms. The van der Waals surface area contributed by atoms with Gasteiger partial charge < -0.3 is 20.1 Å². The van der Waals surface area contributed by atoms with Crippen molar-refractivity contribution < 1.29 is 14.6 Å². The van der Waals surface area contributed by atoms with Crippen LogP contribution in [0.2, 0.25) is 0 Å². The van der Waals surface area contributed by atoms with Gasteiger partial charge in [-0.05, 0) is 61.5 Å². The number of nitrogens with one attached hydrogen (secondary N) is 1. The number of benzene rings is 2. The SMILES string of the molecule is CN1CC[C@@]2(c3cccc(O)c3)Cc3[nH]c4cc(F)ccc4c3C[C@]2(O)C1. The van der Waals surface area contributed by atoms with Crippen molar-refractivity contribution in [3.63, 3.8) is 0 Å². The fraction of sp³-hybridized carbons (Fsp3) is 0.364. The topological polar surface area (TPSA) is 59.5 Å². The van der Waals surface area contributed by atoms with Gasteiger partial charge in [-0.25, -0.2) is 4.39 Å². The van der Waals surface area contributed by atoms with Crippen molar-refractivity contribution in [3.05, 3.63) is 65.1 Å². The second-order valence-corrected chi connectivity index (χ2v) is 8.28. The molecule has 2 aromatic carbocycles. The van der Waals surface area contributed by atoms with E-state index in [0.717, 1.165) is 40.7 Å². The second-order valence-electron chi connectivity index (χ2n) is 8.28. The fourth-order valence-corrected chi connectivity index (χ4v) is 5.32. The van der Waals surface area contributed by atoms with E-state index in [1.807, 2.05) is 19.2 Å². The fourth-order valence-electron chi connectivity index (χ4n) is 5.32. The van der Waals surface area contributed by atoms with Crippen LogP contribution >= 0.6 is 0 Å². The number of aliphatic hydroxyl groups is 1. The van der Waals surface area contributed by atoms with Crippen LogP contribution in [-0.4, -0.2) is 45.8 Å². The zero-order valence-corrected chi connectivity index (χ0v) is 15.3. The summed E-state index contributed by atoms with van der Waals surface area (Å²) >= 11 is 0. The number of fused-ring (bicyclic) bond motifs is 4. The predicted octanol–water partition coefficient (Wildman–Crippen LogP) is 3.12. The minimum absolute atomic E-state index is 0.215. The zero-order valence-electron chi connectivity index (χ0n) is 15.3. The molecule has 0 amide bonds. The molecule has 0 bridgehead atoms. The highest BCUT2D eigenvalue weighted by molar-refractivity contribution is 5.85. The van der Waals surface area contributed by atoms with Gasteiger partial charge in [-0.1, -0.05) is 12.1 Å². The van der Waals surface area contributed by atoms with Crippen molar-refractivity contribution in [1.29, 1.82) is 0 Å². The number of piperidine rings is 1. The maximum absolute atomic E-state index is 13.7. The Hall–Kier alpha value is -2.37. The number of H-pyrrole nitrogens is 1. The maximum Gasteiger partial charge on any atom is 0.125 e. The van der Waals surface area contributed by atoms with Crippen LogP contribution in [0.15, 0.2) is 42.5 Å².